The largest absolute Gasteiger partial charge is 0.192 e. The number of benzene rings is 1. The van der Waals surface area contributed by atoms with E-state index in [1.807, 2.05) is 36.4 Å². The first-order valence-corrected chi connectivity index (χ1v) is 5.91. The molecule has 0 saturated heterocycles. The molecule has 2 nitrogen and oxygen atoms in total. The molecule has 2 aliphatic carbocycles. The molecular weight excluding hydrogens is 220 g/mol. The number of nitrogens with zero attached hydrogens (tertiary/aromatic N) is 2. The number of hydrogen-bond acceptors (Lipinski definition) is 2. The summed E-state index contributed by atoms with van der Waals surface area (Å²) in [5, 5.41) is 18.3. The number of hydrogen-bond donors (Lipinski definition) is 0. The molecule has 2 heteroatoms. The zero-order chi connectivity index (χ0) is 12.5. The van der Waals surface area contributed by atoms with Crippen molar-refractivity contribution in [3.05, 3.63) is 58.7 Å². The number of nitriles is 2. The van der Waals surface area contributed by atoms with E-state index in [-0.39, 0.29) is 5.57 Å². The molecule has 18 heavy (non-hydrogen) atoms. The van der Waals surface area contributed by atoms with Crippen molar-refractivity contribution in [2.24, 2.45) is 0 Å². The van der Waals surface area contributed by atoms with Crippen molar-refractivity contribution in [3.8, 4) is 12.1 Å². The molecule has 0 heterocycles. The van der Waals surface area contributed by atoms with Crippen LogP contribution in [-0.2, 0) is 0 Å². The Hall–Kier alpha value is -2.58. The van der Waals surface area contributed by atoms with Crippen LogP contribution in [0.15, 0.2) is 47.6 Å². The zero-order valence-corrected chi connectivity index (χ0v) is 9.77. The molecule has 0 bridgehead atoms. The molecule has 0 saturated carbocycles. The molecule has 0 fully saturated rings. The van der Waals surface area contributed by atoms with E-state index in [0.29, 0.717) is 0 Å². The lowest BCUT2D eigenvalue weighted by atomic mass is 9.94. The molecular formula is C16H10N2. The third-order valence-corrected chi connectivity index (χ3v) is 3.44. The van der Waals surface area contributed by atoms with E-state index < -0.39 is 0 Å². The second kappa shape index (κ2) is 4.02. The molecule has 3 rings (SSSR count). The van der Waals surface area contributed by atoms with Gasteiger partial charge >= 0.3 is 0 Å². The summed E-state index contributed by atoms with van der Waals surface area (Å²) >= 11 is 0. The fourth-order valence-corrected chi connectivity index (χ4v) is 2.69. The van der Waals surface area contributed by atoms with E-state index in [1.165, 1.54) is 11.1 Å². The summed E-state index contributed by atoms with van der Waals surface area (Å²) < 4.78 is 0. The summed E-state index contributed by atoms with van der Waals surface area (Å²) in [5.41, 5.74) is 5.54. The van der Waals surface area contributed by atoms with Gasteiger partial charge in [-0.3, -0.25) is 0 Å². The zero-order valence-electron chi connectivity index (χ0n) is 9.77. The predicted octanol–water partition coefficient (Wildman–Crippen LogP) is 3.60. The van der Waals surface area contributed by atoms with Gasteiger partial charge in [-0.05, 0) is 35.1 Å². The molecule has 0 atom stereocenters. The molecule has 0 radical (unpaired) electrons. The summed E-state index contributed by atoms with van der Waals surface area (Å²) in [6.07, 6.45) is 6.16. The molecule has 1 aromatic rings. The Morgan fingerprint density at radius 3 is 2.50 bits per heavy atom. The highest BCUT2D eigenvalue weighted by Crippen LogP contribution is 2.46. The van der Waals surface area contributed by atoms with Crippen LogP contribution in [0.5, 0.6) is 0 Å². The summed E-state index contributed by atoms with van der Waals surface area (Å²) in [6, 6.07) is 12.1. The molecule has 1 aromatic carbocycles. The number of rotatable bonds is 0. The van der Waals surface area contributed by atoms with Crippen LogP contribution >= 0.6 is 0 Å². The van der Waals surface area contributed by atoms with Gasteiger partial charge in [0.05, 0.1) is 0 Å². The molecule has 0 aliphatic heterocycles. The smallest absolute Gasteiger partial charge is 0.138 e. The Bertz CT molecular complexity index is 687. The standard InChI is InChI=1S/C16H10N2/c17-9-11(10-18)16-14-7-3-1-5-12(14)13-6-2-4-8-15(13)16/h1,3-5,7-8H,2,6H2. The summed E-state index contributed by atoms with van der Waals surface area (Å²) in [5.74, 6) is 0. The third kappa shape index (κ3) is 1.33. The van der Waals surface area contributed by atoms with E-state index in [4.69, 9.17) is 10.5 Å². The van der Waals surface area contributed by atoms with Crippen LogP contribution in [0.2, 0.25) is 0 Å². The van der Waals surface area contributed by atoms with Crippen molar-refractivity contribution in [3.63, 3.8) is 0 Å². The van der Waals surface area contributed by atoms with Gasteiger partial charge in [0, 0.05) is 5.57 Å². The van der Waals surface area contributed by atoms with Gasteiger partial charge in [0.15, 0.2) is 0 Å². The lowest BCUT2D eigenvalue weighted by Gasteiger charge is -2.08. The first-order valence-electron chi connectivity index (χ1n) is 5.91. The van der Waals surface area contributed by atoms with Crippen LogP contribution in [0.3, 0.4) is 0 Å². The average Bonchev–Trinajstić information content (AvgIpc) is 2.76. The van der Waals surface area contributed by atoms with Crippen LogP contribution in [-0.4, -0.2) is 0 Å². The number of fused-ring (bicyclic) bond motifs is 2. The molecule has 84 valence electrons. The maximum absolute atomic E-state index is 9.13. The fraction of sp³-hybridized carbons (Fsp3) is 0.125. The van der Waals surface area contributed by atoms with Gasteiger partial charge in [0.2, 0.25) is 0 Å². The second-order valence-corrected chi connectivity index (χ2v) is 4.35. The quantitative estimate of drug-likeness (QED) is 0.639. The van der Waals surface area contributed by atoms with Crippen molar-refractivity contribution >= 4 is 11.1 Å². The lowest BCUT2D eigenvalue weighted by molar-refractivity contribution is 1.05. The van der Waals surface area contributed by atoms with Gasteiger partial charge in [-0.15, -0.1) is 0 Å². The van der Waals surface area contributed by atoms with Crippen LogP contribution in [0.25, 0.3) is 11.1 Å². The molecule has 0 unspecified atom stereocenters. The Labute approximate surface area is 106 Å². The average molecular weight is 230 g/mol. The SMILES string of the molecule is N#CC(C#N)=C1C2=C(CCC=C2)c2ccccc21. The maximum atomic E-state index is 9.13. The Balaban J connectivity index is 2.38. The minimum Gasteiger partial charge on any atom is -0.192 e. The van der Waals surface area contributed by atoms with Crippen LogP contribution in [0.1, 0.15) is 24.0 Å². The van der Waals surface area contributed by atoms with E-state index in [9.17, 15) is 0 Å². The van der Waals surface area contributed by atoms with Crippen molar-refractivity contribution in [2.45, 2.75) is 12.8 Å². The molecule has 0 aromatic heterocycles. The van der Waals surface area contributed by atoms with Crippen LogP contribution in [0.4, 0.5) is 0 Å². The van der Waals surface area contributed by atoms with Crippen LogP contribution in [0, 0.1) is 22.7 Å². The highest BCUT2D eigenvalue weighted by atomic mass is 14.3. The first kappa shape index (κ1) is 10.6. The van der Waals surface area contributed by atoms with E-state index in [0.717, 1.165) is 29.6 Å². The highest BCUT2D eigenvalue weighted by Gasteiger charge is 2.28. The fourth-order valence-electron chi connectivity index (χ4n) is 2.69. The Morgan fingerprint density at radius 2 is 1.78 bits per heavy atom. The van der Waals surface area contributed by atoms with Crippen molar-refractivity contribution in [2.75, 3.05) is 0 Å². The van der Waals surface area contributed by atoms with Crippen molar-refractivity contribution < 1.29 is 0 Å². The lowest BCUT2D eigenvalue weighted by Crippen LogP contribution is -1.90. The monoisotopic (exact) mass is 230 g/mol. The van der Waals surface area contributed by atoms with Crippen molar-refractivity contribution in [1.82, 2.24) is 0 Å². The topological polar surface area (TPSA) is 47.6 Å². The number of allylic oxidation sites excluding steroid dienone is 6. The highest BCUT2D eigenvalue weighted by molar-refractivity contribution is 6.05. The maximum Gasteiger partial charge on any atom is 0.138 e. The minimum atomic E-state index is 0.207. The van der Waals surface area contributed by atoms with E-state index in [1.54, 1.807) is 0 Å². The predicted molar refractivity (Wildman–Crippen MR) is 69.9 cm³/mol. The molecule has 0 spiro atoms. The normalized spacial score (nSPS) is 15.8. The van der Waals surface area contributed by atoms with Gasteiger partial charge in [-0.1, -0.05) is 36.4 Å². The molecule has 0 amide bonds. The third-order valence-electron chi connectivity index (χ3n) is 3.44. The van der Waals surface area contributed by atoms with Gasteiger partial charge in [0.1, 0.15) is 17.7 Å². The minimum absolute atomic E-state index is 0.207. The van der Waals surface area contributed by atoms with Crippen LogP contribution < -0.4 is 0 Å². The Morgan fingerprint density at radius 1 is 1.06 bits per heavy atom. The molecule has 2 aliphatic rings. The van der Waals surface area contributed by atoms with E-state index >= 15 is 0 Å². The first-order chi connectivity index (χ1) is 8.86. The van der Waals surface area contributed by atoms with Gasteiger partial charge in [-0.2, -0.15) is 10.5 Å². The summed E-state index contributed by atoms with van der Waals surface area (Å²) in [6.45, 7) is 0. The molecule has 0 N–H and O–H groups in total. The van der Waals surface area contributed by atoms with Gasteiger partial charge < -0.3 is 0 Å². The van der Waals surface area contributed by atoms with Crippen molar-refractivity contribution in [1.29, 1.82) is 10.5 Å². The van der Waals surface area contributed by atoms with E-state index in [2.05, 4.69) is 12.1 Å². The summed E-state index contributed by atoms with van der Waals surface area (Å²) in [4.78, 5) is 0. The second-order valence-electron chi connectivity index (χ2n) is 4.35. The summed E-state index contributed by atoms with van der Waals surface area (Å²) in [7, 11) is 0. The van der Waals surface area contributed by atoms with Gasteiger partial charge in [0.25, 0.3) is 0 Å². The van der Waals surface area contributed by atoms with Gasteiger partial charge in [-0.25, -0.2) is 0 Å². The Kier molecular flexibility index (Phi) is 2.36.